The van der Waals surface area contributed by atoms with Gasteiger partial charge in [0, 0.05) is 22.5 Å². The van der Waals surface area contributed by atoms with Crippen LogP contribution in [0.1, 0.15) is 0 Å². The first-order valence-corrected chi connectivity index (χ1v) is 9.29. The van der Waals surface area contributed by atoms with Crippen LogP contribution in [0.4, 0.5) is 20.2 Å². The highest BCUT2D eigenvalue weighted by Crippen LogP contribution is 2.45. The maximum atomic E-state index is 14.3. The van der Waals surface area contributed by atoms with Gasteiger partial charge >= 0.3 is 6.85 Å². The third-order valence-electron chi connectivity index (χ3n) is 5.79. The van der Waals surface area contributed by atoms with Crippen LogP contribution in [0.25, 0.3) is 22.3 Å². The highest BCUT2D eigenvalue weighted by atomic mass is 19.1. The molecule has 2 aliphatic heterocycles. The lowest BCUT2D eigenvalue weighted by molar-refractivity contribution is 0.627. The number of rotatable bonds is 0. The summed E-state index contributed by atoms with van der Waals surface area (Å²) in [6.45, 7) is -0.129. The molecule has 132 valence electrons. The largest absolute Gasteiger partial charge is 0.376 e. The van der Waals surface area contributed by atoms with E-state index in [1.165, 1.54) is 12.1 Å². The van der Waals surface area contributed by atoms with Gasteiger partial charge in [0.2, 0.25) is 0 Å². The minimum atomic E-state index is -0.298. The summed E-state index contributed by atoms with van der Waals surface area (Å²) in [5, 5.41) is 0. The number of benzene rings is 4. The first-order valence-electron chi connectivity index (χ1n) is 9.29. The van der Waals surface area contributed by atoms with Crippen molar-refractivity contribution in [1.29, 1.82) is 0 Å². The van der Waals surface area contributed by atoms with E-state index in [2.05, 4.69) is 29.1 Å². The van der Waals surface area contributed by atoms with Crippen LogP contribution in [-0.4, -0.2) is 6.85 Å². The molecule has 4 heteroatoms. The van der Waals surface area contributed by atoms with Crippen molar-refractivity contribution >= 4 is 29.1 Å². The molecule has 0 fully saturated rings. The summed E-state index contributed by atoms with van der Waals surface area (Å²) in [5.41, 5.74) is 7.93. The van der Waals surface area contributed by atoms with E-state index in [1.54, 1.807) is 12.1 Å². The zero-order chi connectivity index (χ0) is 18.8. The number of hydrogen-bond donors (Lipinski definition) is 0. The molecule has 0 amide bonds. The Morgan fingerprint density at radius 3 is 1.50 bits per heavy atom. The molecule has 0 N–H and O–H groups in total. The zero-order valence-corrected chi connectivity index (χ0v) is 14.9. The maximum Gasteiger partial charge on any atom is 0.329 e. The molecular formula is C24H14BF2N. The van der Waals surface area contributed by atoms with Crippen molar-refractivity contribution in [2.45, 2.75) is 0 Å². The van der Waals surface area contributed by atoms with Gasteiger partial charge in [0.25, 0.3) is 0 Å². The SMILES string of the molecule is Fc1ccc2c(c1)N1B(c3ccccc3-2)c2ccccc2-c2ccc(F)cc21. The summed E-state index contributed by atoms with van der Waals surface area (Å²) >= 11 is 0. The molecule has 6 rings (SSSR count). The summed E-state index contributed by atoms with van der Waals surface area (Å²) in [6, 6.07) is 26.2. The second kappa shape index (κ2) is 5.55. The molecule has 4 aromatic carbocycles. The molecule has 0 unspecified atom stereocenters. The average Bonchev–Trinajstić information content (AvgIpc) is 2.73. The molecule has 0 atom stereocenters. The Balaban J connectivity index is 1.77. The van der Waals surface area contributed by atoms with E-state index in [0.717, 1.165) is 44.6 Å². The van der Waals surface area contributed by atoms with Crippen LogP contribution in [0, 0.1) is 11.6 Å². The first-order chi connectivity index (χ1) is 13.7. The van der Waals surface area contributed by atoms with Gasteiger partial charge in [-0.15, -0.1) is 0 Å². The van der Waals surface area contributed by atoms with Gasteiger partial charge in [-0.3, -0.25) is 0 Å². The maximum absolute atomic E-state index is 14.3. The van der Waals surface area contributed by atoms with Crippen molar-refractivity contribution in [1.82, 2.24) is 0 Å². The Kier molecular flexibility index (Phi) is 3.10. The third kappa shape index (κ3) is 2.00. The van der Waals surface area contributed by atoms with Crippen LogP contribution < -0.4 is 15.7 Å². The van der Waals surface area contributed by atoms with E-state index in [9.17, 15) is 8.78 Å². The Morgan fingerprint density at radius 1 is 0.536 bits per heavy atom. The van der Waals surface area contributed by atoms with Gasteiger partial charge in [-0.2, -0.15) is 0 Å². The average molecular weight is 365 g/mol. The molecule has 2 aliphatic rings. The van der Waals surface area contributed by atoms with Crippen molar-refractivity contribution in [3.05, 3.63) is 96.6 Å². The van der Waals surface area contributed by atoms with Crippen LogP contribution in [0.2, 0.25) is 0 Å². The summed E-state index contributed by atoms with van der Waals surface area (Å²) in [4.78, 5) is 2.08. The predicted molar refractivity (Wildman–Crippen MR) is 111 cm³/mol. The lowest BCUT2D eigenvalue weighted by Crippen LogP contribution is -2.59. The Labute approximate surface area is 162 Å². The van der Waals surface area contributed by atoms with Gasteiger partial charge in [0.05, 0.1) is 0 Å². The van der Waals surface area contributed by atoms with Crippen molar-refractivity contribution in [2.24, 2.45) is 0 Å². The van der Waals surface area contributed by atoms with Crippen LogP contribution in [0.5, 0.6) is 0 Å². The van der Waals surface area contributed by atoms with Crippen molar-refractivity contribution < 1.29 is 8.78 Å². The molecule has 2 heterocycles. The van der Waals surface area contributed by atoms with E-state index < -0.39 is 0 Å². The standard InChI is InChI=1S/C24H14BF2N/c26-15-9-11-19-17-5-1-3-7-21(17)25-22-8-4-2-6-18(22)20-12-10-16(27)14-24(20)28(25)23(19)13-15/h1-14H. The molecule has 1 nitrogen and oxygen atoms in total. The lowest BCUT2D eigenvalue weighted by Gasteiger charge is -2.43. The smallest absolute Gasteiger partial charge is 0.329 e. The van der Waals surface area contributed by atoms with Crippen molar-refractivity contribution in [3.8, 4) is 22.3 Å². The highest BCUT2D eigenvalue weighted by Gasteiger charge is 2.42. The molecule has 0 radical (unpaired) electrons. The summed E-state index contributed by atoms with van der Waals surface area (Å²) in [7, 11) is 0. The quantitative estimate of drug-likeness (QED) is 0.402. The topological polar surface area (TPSA) is 3.24 Å². The second-order valence-corrected chi connectivity index (χ2v) is 7.27. The number of hydrogen-bond acceptors (Lipinski definition) is 1. The highest BCUT2D eigenvalue weighted by molar-refractivity contribution is 6.92. The summed E-state index contributed by atoms with van der Waals surface area (Å²) in [6.07, 6.45) is 0. The van der Waals surface area contributed by atoms with Crippen molar-refractivity contribution in [2.75, 3.05) is 4.81 Å². The fraction of sp³-hybridized carbons (Fsp3) is 0. The van der Waals surface area contributed by atoms with Crippen LogP contribution in [-0.2, 0) is 0 Å². The summed E-state index contributed by atoms with van der Waals surface area (Å²) in [5.74, 6) is -0.595. The Morgan fingerprint density at radius 2 is 1.00 bits per heavy atom. The summed E-state index contributed by atoms with van der Waals surface area (Å²) < 4.78 is 28.6. The molecule has 0 aliphatic carbocycles. The minimum Gasteiger partial charge on any atom is -0.376 e. The van der Waals surface area contributed by atoms with E-state index in [-0.39, 0.29) is 18.5 Å². The van der Waals surface area contributed by atoms with Crippen molar-refractivity contribution in [3.63, 3.8) is 0 Å². The molecule has 28 heavy (non-hydrogen) atoms. The van der Waals surface area contributed by atoms with Crippen LogP contribution in [0.15, 0.2) is 84.9 Å². The van der Waals surface area contributed by atoms with E-state index >= 15 is 0 Å². The first kappa shape index (κ1) is 15.6. The number of nitrogens with zero attached hydrogens (tertiary/aromatic N) is 1. The molecule has 0 saturated carbocycles. The Bertz CT molecular complexity index is 1170. The third-order valence-corrected chi connectivity index (χ3v) is 5.79. The van der Waals surface area contributed by atoms with Crippen LogP contribution in [0.3, 0.4) is 0 Å². The minimum absolute atomic E-state index is 0.129. The fourth-order valence-electron chi connectivity index (χ4n) is 4.68. The van der Waals surface area contributed by atoms with E-state index in [1.807, 2.05) is 36.4 Å². The van der Waals surface area contributed by atoms with Crippen LogP contribution >= 0.6 is 0 Å². The fourth-order valence-corrected chi connectivity index (χ4v) is 4.68. The number of fused-ring (bicyclic) bond motifs is 11. The van der Waals surface area contributed by atoms with Gasteiger partial charge in [0.1, 0.15) is 11.6 Å². The monoisotopic (exact) mass is 365 g/mol. The molecule has 4 aromatic rings. The molecule has 0 bridgehead atoms. The van der Waals surface area contributed by atoms with Gasteiger partial charge in [-0.1, -0.05) is 48.5 Å². The molecule has 0 saturated heterocycles. The molecule has 0 aromatic heterocycles. The predicted octanol–water partition coefficient (Wildman–Crippen LogP) is 4.87. The van der Waals surface area contributed by atoms with E-state index in [0.29, 0.717) is 0 Å². The number of halogens is 2. The second-order valence-electron chi connectivity index (χ2n) is 7.27. The van der Waals surface area contributed by atoms with Gasteiger partial charge < -0.3 is 4.81 Å². The molecular weight excluding hydrogens is 351 g/mol. The Hall–Kier alpha value is -3.40. The van der Waals surface area contributed by atoms with Gasteiger partial charge in [-0.25, -0.2) is 8.78 Å². The van der Waals surface area contributed by atoms with Gasteiger partial charge in [0.15, 0.2) is 0 Å². The zero-order valence-electron chi connectivity index (χ0n) is 14.9. The number of anilines is 2. The van der Waals surface area contributed by atoms with Gasteiger partial charge in [-0.05, 0) is 58.5 Å². The molecule has 0 spiro atoms. The lowest BCUT2D eigenvalue weighted by atomic mass is 9.43. The van der Waals surface area contributed by atoms with E-state index in [4.69, 9.17) is 0 Å². The normalized spacial score (nSPS) is 13.2.